The average Bonchev–Trinajstić information content (AvgIpc) is 2.87. The number of halogens is 1. The molecular weight excluding hydrogens is 508 g/mol. The quantitative estimate of drug-likeness (QED) is 0.275. The van der Waals surface area contributed by atoms with Gasteiger partial charge in [0.2, 0.25) is 5.78 Å². The predicted molar refractivity (Wildman–Crippen MR) is 146 cm³/mol. The summed E-state index contributed by atoms with van der Waals surface area (Å²) < 4.78 is 16.7. The summed E-state index contributed by atoms with van der Waals surface area (Å²) in [6.07, 6.45) is 0. The van der Waals surface area contributed by atoms with Crippen molar-refractivity contribution in [2.45, 2.75) is 26.2 Å². The first-order chi connectivity index (χ1) is 18.0. The Bertz CT molecular complexity index is 1670. The molecule has 0 aliphatic heterocycles. The number of benzene rings is 4. The molecule has 0 atom stereocenters. The second-order valence-corrected chi connectivity index (χ2v) is 10.3. The maximum Gasteiger partial charge on any atom is 0.201 e. The molecule has 4 aromatic rings. The van der Waals surface area contributed by atoms with Crippen molar-refractivity contribution in [1.82, 2.24) is 0 Å². The summed E-state index contributed by atoms with van der Waals surface area (Å²) in [6, 6.07) is 9.63. The number of hydrogen-bond donors (Lipinski definition) is 3. The number of phenolic OH excluding ortho intramolecular Hbond substituents is 3. The Hall–Kier alpha value is -4.10. The number of rotatable bonds is 4. The zero-order valence-electron chi connectivity index (χ0n) is 21.8. The van der Waals surface area contributed by atoms with Gasteiger partial charge in [-0.1, -0.05) is 25.4 Å². The minimum atomic E-state index is -0.874. The molecule has 8 heteroatoms. The van der Waals surface area contributed by atoms with E-state index in [9.17, 15) is 20.1 Å². The number of hydrogen-bond acceptors (Lipinski definition) is 7. The van der Waals surface area contributed by atoms with E-state index in [2.05, 4.69) is 0 Å². The Morgan fingerprint density at radius 2 is 1.45 bits per heavy atom. The highest BCUT2D eigenvalue weighted by atomic mass is 35.5. The summed E-state index contributed by atoms with van der Waals surface area (Å²) in [5.41, 5.74) is 2.18. The molecule has 38 heavy (non-hydrogen) atoms. The van der Waals surface area contributed by atoms with Gasteiger partial charge in [0.15, 0.2) is 0 Å². The molecule has 0 unspecified atom stereocenters. The van der Waals surface area contributed by atoms with Crippen LogP contribution in [0.2, 0.25) is 5.02 Å². The largest absolute Gasteiger partial charge is 0.508 e. The van der Waals surface area contributed by atoms with Crippen LogP contribution >= 0.6 is 11.6 Å². The minimum Gasteiger partial charge on any atom is -0.508 e. The van der Waals surface area contributed by atoms with Crippen LogP contribution in [0.4, 0.5) is 0 Å². The summed E-state index contributed by atoms with van der Waals surface area (Å²) in [6.45, 7) is 5.59. The monoisotopic (exact) mass is 534 g/mol. The zero-order valence-corrected chi connectivity index (χ0v) is 22.6. The molecule has 0 radical (unpaired) electrons. The number of ketones is 1. The molecule has 0 fully saturated rings. The smallest absolute Gasteiger partial charge is 0.201 e. The first-order valence-electron chi connectivity index (χ1n) is 11.9. The Balaban J connectivity index is 1.96. The molecular formula is C30H27ClO7. The molecule has 0 amide bonds. The van der Waals surface area contributed by atoms with Crippen LogP contribution in [0.3, 0.4) is 0 Å². The number of aryl methyl sites for hydroxylation is 1. The van der Waals surface area contributed by atoms with Crippen molar-refractivity contribution in [2.24, 2.45) is 0 Å². The van der Waals surface area contributed by atoms with Crippen molar-refractivity contribution in [3.05, 3.63) is 69.2 Å². The van der Waals surface area contributed by atoms with E-state index < -0.39 is 11.2 Å². The molecule has 5 rings (SSSR count). The SMILES string of the molecule is COc1cc(C)c(-c2cc(OC)c(Cl)c3cc4c(c(O)c23)C(=O)c2c(O)cc(O)cc2C4(C)C)c(OC)c1. The van der Waals surface area contributed by atoms with Crippen LogP contribution in [0.1, 0.15) is 46.5 Å². The molecule has 0 saturated carbocycles. The fraction of sp³-hybridized carbons (Fsp3) is 0.233. The molecule has 7 nitrogen and oxygen atoms in total. The topological polar surface area (TPSA) is 105 Å². The van der Waals surface area contributed by atoms with Gasteiger partial charge in [-0.15, -0.1) is 0 Å². The number of carbonyl (C=O) groups excluding carboxylic acids is 1. The normalized spacial score (nSPS) is 13.7. The van der Waals surface area contributed by atoms with Gasteiger partial charge in [0.05, 0.1) is 37.5 Å². The van der Waals surface area contributed by atoms with Crippen molar-refractivity contribution >= 4 is 28.2 Å². The van der Waals surface area contributed by atoms with E-state index in [0.29, 0.717) is 50.3 Å². The van der Waals surface area contributed by atoms with E-state index in [1.54, 1.807) is 25.3 Å². The highest BCUT2D eigenvalue weighted by Crippen LogP contribution is 2.54. The Kier molecular flexibility index (Phi) is 5.87. The number of aromatic hydroxyl groups is 3. The number of fused-ring (bicyclic) bond motifs is 3. The molecule has 1 aliphatic carbocycles. The lowest BCUT2D eigenvalue weighted by Crippen LogP contribution is -2.30. The Labute approximate surface area is 224 Å². The van der Waals surface area contributed by atoms with Gasteiger partial charge in [0, 0.05) is 39.4 Å². The van der Waals surface area contributed by atoms with E-state index in [1.165, 1.54) is 20.3 Å². The molecule has 4 aromatic carbocycles. The summed E-state index contributed by atoms with van der Waals surface area (Å²) in [5, 5.41) is 33.7. The van der Waals surface area contributed by atoms with Crippen LogP contribution in [-0.4, -0.2) is 42.4 Å². The standard InChI is InChI=1S/C30H27ClO7/c1-13-7-15(36-4)10-21(37-5)23(13)16-12-22(38-6)27(31)17-11-19-26(28(34)24(16)17)29(35)25-18(30(19,2)3)8-14(32)9-20(25)33/h7-12,32-34H,1-6H3. The minimum absolute atomic E-state index is 0.0364. The van der Waals surface area contributed by atoms with Gasteiger partial charge in [-0.05, 0) is 47.9 Å². The number of methoxy groups -OCH3 is 3. The van der Waals surface area contributed by atoms with Crippen LogP contribution in [0, 0.1) is 6.92 Å². The highest BCUT2D eigenvalue weighted by molar-refractivity contribution is 6.38. The van der Waals surface area contributed by atoms with Crippen LogP contribution < -0.4 is 14.2 Å². The maximum absolute atomic E-state index is 13.8. The molecule has 0 aromatic heterocycles. The fourth-order valence-electron chi connectivity index (χ4n) is 5.54. The predicted octanol–water partition coefficient (Wildman–Crippen LogP) is 6.48. The second kappa shape index (κ2) is 8.74. The van der Waals surface area contributed by atoms with Crippen LogP contribution in [-0.2, 0) is 5.41 Å². The third kappa shape index (κ3) is 3.45. The second-order valence-electron chi connectivity index (χ2n) is 9.87. The summed E-state index contributed by atoms with van der Waals surface area (Å²) >= 11 is 6.80. The van der Waals surface area contributed by atoms with Gasteiger partial charge in [-0.25, -0.2) is 0 Å². The van der Waals surface area contributed by atoms with Gasteiger partial charge in [-0.2, -0.15) is 0 Å². The molecule has 0 spiro atoms. The van der Waals surface area contributed by atoms with Gasteiger partial charge in [0.25, 0.3) is 0 Å². The fourth-order valence-corrected chi connectivity index (χ4v) is 5.82. The summed E-state index contributed by atoms with van der Waals surface area (Å²) in [7, 11) is 4.60. The molecule has 0 heterocycles. The number of carbonyl (C=O) groups is 1. The van der Waals surface area contributed by atoms with E-state index >= 15 is 0 Å². The lowest BCUT2D eigenvalue weighted by atomic mass is 9.67. The molecule has 0 bridgehead atoms. The van der Waals surface area contributed by atoms with Crippen LogP contribution in [0.5, 0.6) is 34.5 Å². The van der Waals surface area contributed by atoms with E-state index in [1.807, 2.05) is 26.8 Å². The van der Waals surface area contributed by atoms with Crippen LogP contribution in [0.25, 0.3) is 21.9 Å². The van der Waals surface area contributed by atoms with Gasteiger partial charge in [-0.3, -0.25) is 4.79 Å². The van der Waals surface area contributed by atoms with E-state index in [0.717, 1.165) is 11.6 Å². The Morgan fingerprint density at radius 3 is 2.08 bits per heavy atom. The maximum atomic E-state index is 13.8. The third-order valence-corrected chi connectivity index (χ3v) is 7.81. The Morgan fingerprint density at radius 1 is 0.789 bits per heavy atom. The van der Waals surface area contributed by atoms with Crippen molar-refractivity contribution in [3.63, 3.8) is 0 Å². The summed E-state index contributed by atoms with van der Waals surface area (Å²) in [4.78, 5) is 13.8. The first kappa shape index (κ1) is 25.5. The van der Waals surface area contributed by atoms with Gasteiger partial charge in [0.1, 0.15) is 34.5 Å². The molecule has 0 saturated heterocycles. The third-order valence-electron chi connectivity index (χ3n) is 7.42. The van der Waals surface area contributed by atoms with E-state index in [4.69, 9.17) is 25.8 Å². The number of phenols is 3. The van der Waals surface area contributed by atoms with Crippen molar-refractivity contribution < 1.29 is 34.3 Å². The van der Waals surface area contributed by atoms with Gasteiger partial charge < -0.3 is 29.5 Å². The van der Waals surface area contributed by atoms with Crippen LogP contribution in [0.15, 0.2) is 36.4 Å². The molecule has 196 valence electrons. The lowest BCUT2D eigenvalue weighted by Gasteiger charge is -2.35. The highest BCUT2D eigenvalue weighted by Gasteiger charge is 2.42. The lowest BCUT2D eigenvalue weighted by molar-refractivity contribution is 0.102. The summed E-state index contributed by atoms with van der Waals surface area (Å²) in [5.74, 6) is 0.120. The van der Waals surface area contributed by atoms with E-state index in [-0.39, 0.29) is 33.4 Å². The van der Waals surface area contributed by atoms with Crippen molar-refractivity contribution in [3.8, 4) is 45.6 Å². The molecule has 3 N–H and O–H groups in total. The zero-order chi connectivity index (χ0) is 27.7. The molecule has 1 aliphatic rings. The first-order valence-corrected chi connectivity index (χ1v) is 12.2. The van der Waals surface area contributed by atoms with Crippen molar-refractivity contribution in [1.29, 1.82) is 0 Å². The number of ether oxygens (including phenoxy) is 3. The van der Waals surface area contributed by atoms with Crippen molar-refractivity contribution in [2.75, 3.05) is 21.3 Å². The van der Waals surface area contributed by atoms with Gasteiger partial charge >= 0.3 is 0 Å². The average molecular weight is 535 g/mol.